The van der Waals surface area contributed by atoms with Crippen molar-refractivity contribution in [3.05, 3.63) is 96.1 Å². The van der Waals surface area contributed by atoms with Crippen molar-refractivity contribution in [3.63, 3.8) is 0 Å². The lowest BCUT2D eigenvalue weighted by molar-refractivity contribution is 0.0182. The zero-order valence-electron chi connectivity index (χ0n) is 11.9. The van der Waals surface area contributed by atoms with Crippen molar-refractivity contribution < 1.29 is 4.74 Å². The quantitative estimate of drug-likeness (QED) is 0.682. The minimum Gasteiger partial charge on any atom is -0.349 e. The second-order valence-electron chi connectivity index (χ2n) is 5.28. The first-order chi connectivity index (χ1) is 10.3. The molecular weight excluding hydrogens is 258 g/mol. The molecule has 0 aromatic heterocycles. The van der Waals surface area contributed by atoms with Gasteiger partial charge in [-0.25, -0.2) is 0 Å². The molecule has 1 aliphatic carbocycles. The summed E-state index contributed by atoms with van der Waals surface area (Å²) in [6.07, 6.45) is 8.07. The van der Waals surface area contributed by atoms with Gasteiger partial charge in [0.15, 0.2) is 5.72 Å². The number of benzene rings is 2. The number of hydrogen-bond donors (Lipinski definition) is 1. The Morgan fingerprint density at radius 2 is 1.43 bits per heavy atom. The second kappa shape index (κ2) is 6.08. The molecule has 2 heteroatoms. The van der Waals surface area contributed by atoms with E-state index in [-0.39, 0.29) is 5.92 Å². The zero-order valence-corrected chi connectivity index (χ0v) is 11.9. The summed E-state index contributed by atoms with van der Waals surface area (Å²) in [5, 5.41) is 0. The van der Waals surface area contributed by atoms with Gasteiger partial charge in [0.05, 0.1) is 6.61 Å². The van der Waals surface area contributed by atoms with Crippen LogP contribution in [0.15, 0.2) is 85.0 Å². The molecule has 0 bridgehead atoms. The fraction of sp³-hybridized carbons (Fsp3) is 0.158. The summed E-state index contributed by atoms with van der Waals surface area (Å²) in [4.78, 5) is 0. The highest BCUT2D eigenvalue weighted by atomic mass is 16.5. The van der Waals surface area contributed by atoms with Crippen LogP contribution in [0.2, 0.25) is 0 Å². The molecule has 0 saturated heterocycles. The van der Waals surface area contributed by atoms with Crippen LogP contribution >= 0.6 is 0 Å². The topological polar surface area (TPSA) is 35.2 Å². The Labute approximate surface area is 125 Å². The van der Waals surface area contributed by atoms with Gasteiger partial charge in [-0.15, -0.1) is 0 Å². The van der Waals surface area contributed by atoms with Gasteiger partial charge in [0.1, 0.15) is 0 Å². The molecular formula is C19H19NO. The maximum Gasteiger partial charge on any atom is 0.155 e. The summed E-state index contributed by atoms with van der Waals surface area (Å²) in [6.45, 7) is 0.502. The minimum atomic E-state index is -0.818. The van der Waals surface area contributed by atoms with Crippen LogP contribution in [-0.4, -0.2) is 5.72 Å². The van der Waals surface area contributed by atoms with E-state index in [9.17, 15) is 0 Å². The standard InChI is InChI=1S/C19H19NO/c20-19(21-15-16-7-3-1-4-8-16)13-11-18(12-14-19)17-9-5-2-6-10-17/h1-14,18H,15,20H2. The Kier molecular flexibility index (Phi) is 4.00. The van der Waals surface area contributed by atoms with Crippen molar-refractivity contribution in [2.75, 3.05) is 0 Å². The largest absolute Gasteiger partial charge is 0.349 e. The fourth-order valence-corrected chi connectivity index (χ4v) is 2.40. The first kappa shape index (κ1) is 13.8. The van der Waals surface area contributed by atoms with Crippen LogP contribution in [0.3, 0.4) is 0 Å². The summed E-state index contributed by atoms with van der Waals surface area (Å²) in [6, 6.07) is 20.4. The van der Waals surface area contributed by atoms with Crippen LogP contribution in [0.25, 0.3) is 0 Å². The maximum atomic E-state index is 6.25. The normalized spacial score (nSPS) is 24.1. The Morgan fingerprint density at radius 3 is 2.05 bits per heavy atom. The van der Waals surface area contributed by atoms with Crippen molar-refractivity contribution >= 4 is 0 Å². The molecule has 106 valence electrons. The van der Waals surface area contributed by atoms with Crippen molar-refractivity contribution in [1.29, 1.82) is 0 Å². The molecule has 2 aromatic rings. The monoisotopic (exact) mass is 277 g/mol. The van der Waals surface area contributed by atoms with Gasteiger partial charge in [-0.3, -0.25) is 5.73 Å². The third kappa shape index (κ3) is 3.48. The molecule has 0 aliphatic heterocycles. The van der Waals surface area contributed by atoms with Crippen LogP contribution in [0.4, 0.5) is 0 Å². The summed E-state index contributed by atoms with van der Waals surface area (Å²) in [5.74, 6) is 0.267. The summed E-state index contributed by atoms with van der Waals surface area (Å²) >= 11 is 0. The summed E-state index contributed by atoms with van der Waals surface area (Å²) in [7, 11) is 0. The molecule has 3 rings (SSSR count). The van der Waals surface area contributed by atoms with Crippen LogP contribution in [-0.2, 0) is 11.3 Å². The van der Waals surface area contributed by atoms with Gasteiger partial charge in [0.2, 0.25) is 0 Å². The highest BCUT2D eigenvalue weighted by Gasteiger charge is 2.23. The molecule has 2 nitrogen and oxygen atoms in total. The minimum absolute atomic E-state index is 0.267. The highest BCUT2D eigenvalue weighted by molar-refractivity contribution is 5.34. The van der Waals surface area contributed by atoms with E-state index in [0.717, 1.165) is 5.56 Å². The average molecular weight is 277 g/mol. The first-order valence-corrected chi connectivity index (χ1v) is 7.16. The number of allylic oxidation sites excluding steroid dienone is 2. The predicted molar refractivity (Wildman–Crippen MR) is 85.6 cm³/mol. The fourth-order valence-electron chi connectivity index (χ4n) is 2.40. The van der Waals surface area contributed by atoms with Crippen molar-refractivity contribution in [2.24, 2.45) is 5.73 Å². The molecule has 21 heavy (non-hydrogen) atoms. The van der Waals surface area contributed by atoms with Crippen molar-refractivity contribution in [2.45, 2.75) is 18.2 Å². The van der Waals surface area contributed by atoms with E-state index >= 15 is 0 Å². The van der Waals surface area contributed by atoms with Crippen LogP contribution in [0.5, 0.6) is 0 Å². The summed E-state index contributed by atoms with van der Waals surface area (Å²) in [5.41, 5.74) is 7.81. The molecule has 0 spiro atoms. The lowest BCUT2D eigenvalue weighted by Crippen LogP contribution is -2.39. The Bertz CT molecular complexity index is 617. The van der Waals surface area contributed by atoms with Gasteiger partial charge >= 0.3 is 0 Å². The molecule has 2 aromatic carbocycles. The lowest BCUT2D eigenvalue weighted by Gasteiger charge is -2.27. The molecule has 0 saturated carbocycles. The molecule has 0 radical (unpaired) electrons. The number of ether oxygens (including phenoxy) is 1. The third-order valence-corrected chi connectivity index (χ3v) is 3.64. The molecule has 0 fully saturated rings. The van der Waals surface area contributed by atoms with E-state index in [1.165, 1.54) is 5.56 Å². The van der Waals surface area contributed by atoms with Gasteiger partial charge in [-0.05, 0) is 23.3 Å². The van der Waals surface area contributed by atoms with Gasteiger partial charge in [-0.1, -0.05) is 72.8 Å². The number of hydrogen-bond acceptors (Lipinski definition) is 2. The molecule has 2 N–H and O–H groups in total. The Balaban J connectivity index is 1.65. The SMILES string of the molecule is NC1(OCc2ccccc2)C=CC(c2ccccc2)C=C1. The van der Waals surface area contributed by atoms with E-state index in [1.54, 1.807) is 0 Å². The van der Waals surface area contributed by atoms with E-state index < -0.39 is 5.72 Å². The second-order valence-corrected chi connectivity index (χ2v) is 5.28. The lowest BCUT2D eigenvalue weighted by atomic mass is 9.92. The Morgan fingerprint density at radius 1 is 0.857 bits per heavy atom. The van der Waals surface area contributed by atoms with Gasteiger partial charge < -0.3 is 4.74 Å². The van der Waals surface area contributed by atoms with Crippen LogP contribution in [0, 0.1) is 0 Å². The summed E-state index contributed by atoms with van der Waals surface area (Å²) < 4.78 is 5.84. The Hall–Kier alpha value is -2.16. The van der Waals surface area contributed by atoms with E-state index in [1.807, 2.05) is 60.7 Å². The average Bonchev–Trinajstić information content (AvgIpc) is 2.56. The predicted octanol–water partition coefficient (Wildman–Crippen LogP) is 3.77. The van der Waals surface area contributed by atoms with Crippen LogP contribution < -0.4 is 5.73 Å². The molecule has 0 unspecified atom stereocenters. The van der Waals surface area contributed by atoms with Crippen LogP contribution in [0.1, 0.15) is 17.0 Å². The zero-order chi connectivity index (χ0) is 14.5. The van der Waals surface area contributed by atoms with Gasteiger partial charge in [0, 0.05) is 5.92 Å². The number of rotatable bonds is 4. The molecule has 1 aliphatic rings. The molecule has 0 atom stereocenters. The van der Waals surface area contributed by atoms with E-state index in [4.69, 9.17) is 10.5 Å². The van der Waals surface area contributed by atoms with E-state index in [2.05, 4.69) is 24.3 Å². The van der Waals surface area contributed by atoms with E-state index in [0.29, 0.717) is 6.61 Å². The third-order valence-electron chi connectivity index (χ3n) is 3.64. The van der Waals surface area contributed by atoms with Gasteiger partial charge in [0.25, 0.3) is 0 Å². The van der Waals surface area contributed by atoms with Crippen molar-refractivity contribution in [1.82, 2.24) is 0 Å². The molecule has 0 amide bonds. The van der Waals surface area contributed by atoms with Gasteiger partial charge in [-0.2, -0.15) is 0 Å². The van der Waals surface area contributed by atoms with Crippen molar-refractivity contribution in [3.8, 4) is 0 Å². The first-order valence-electron chi connectivity index (χ1n) is 7.16. The highest BCUT2D eigenvalue weighted by Crippen LogP contribution is 2.26. The maximum absolute atomic E-state index is 6.25. The number of nitrogens with two attached hydrogens (primary N) is 1. The smallest absolute Gasteiger partial charge is 0.155 e. The molecule has 0 heterocycles.